The molecule has 1 aromatic heterocycles. The van der Waals surface area contributed by atoms with Gasteiger partial charge in [0.2, 0.25) is 9.47 Å². The molecule has 1 amide bonds. The fourth-order valence-corrected chi connectivity index (χ4v) is 2.97. The van der Waals surface area contributed by atoms with Crippen LogP contribution in [0.15, 0.2) is 28.6 Å². The fourth-order valence-electron chi connectivity index (χ4n) is 1.35. The first-order valence-corrected chi connectivity index (χ1v) is 8.15. The summed E-state index contributed by atoms with van der Waals surface area (Å²) in [6.45, 7) is 1.80. The number of hydrogen-bond donors (Lipinski definition) is 1. The molecule has 0 fully saturated rings. The number of aromatic nitrogens is 2. The van der Waals surface area contributed by atoms with Gasteiger partial charge in [0.05, 0.1) is 0 Å². The Morgan fingerprint density at radius 2 is 2.00 bits per heavy atom. The highest BCUT2D eigenvalue weighted by Gasteiger charge is 2.18. The molecule has 1 N–H and O–H groups in total. The van der Waals surface area contributed by atoms with Crippen LogP contribution in [0.2, 0.25) is 0 Å². The van der Waals surface area contributed by atoms with E-state index in [4.69, 9.17) is 10.7 Å². The minimum Gasteiger partial charge on any atom is -0.296 e. The fraction of sp³-hybridized carbons (Fsp3) is 0.100. The molecule has 2 rings (SSSR count). The highest BCUT2D eigenvalue weighted by molar-refractivity contribution is 8.15. The van der Waals surface area contributed by atoms with Crippen molar-refractivity contribution in [3.8, 4) is 0 Å². The summed E-state index contributed by atoms with van der Waals surface area (Å²) in [6, 6.07) is 7.00. The van der Waals surface area contributed by atoms with Crippen molar-refractivity contribution in [3.63, 3.8) is 0 Å². The van der Waals surface area contributed by atoms with Gasteiger partial charge in [-0.3, -0.25) is 10.1 Å². The van der Waals surface area contributed by atoms with Crippen molar-refractivity contribution >= 4 is 42.1 Å². The van der Waals surface area contributed by atoms with E-state index in [1.807, 2.05) is 6.07 Å². The molecule has 0 radical (unpaired) electrons. The smallest absolute Gasteiger partial charge is 0.290 e. The minimum atomic E-state index is -3.92. The number of amides is 1. The van der Waals surface area contributed by atoms with Gasteiger partial charge in [0.15, 0.2) is 0 Å². The van der Waals surface area contributed by atoms with Crippen LogP contribution in [-0.4, -0.2) is 24.5 Å². The minimum absolute atomic E-state index is 0.0764. The standard InChI is InChI=1S/C10H8ClN3O3S2/c1-6-4-2-3-5-7(6)8(15)12-9-13-14-10(18-9)19(11,16)17/h2-5H,1H3,(H,12,13,15). The second kappa shape index (κ2) is 5.24. The van der Waals surface area contributed by atoms with Crippen LogP contribution >= 0.6 is 22.0 Å². The second-order valence-corrected chi connectivity index (χ2v) is 7.30. The van der Waals surface area contributed by atoms with Crippen molar-refractivity contribution in [2.45, 2.75) is 11.3 Å². The lowest BCUT2D eigenvalue weighted by atomic mass is 10.1. The molecule has 0 saturated heterocycles. The van der Waals surface area contributed by atoms with Gasteiger partial charge in [-0.1, -0.05) is 29.5 Å². The number of aryl methyl sites for hydroxylation is 1. The molecule has 1 heterocycles. The van der Waals surface area contributed by atoms with Crippen molar-refractivity contribution in [2.24, 2.45) is 0 Å². The van der Waals surface area contributed by atoms with E-state index in [0.29, 0.717) is 16.9 Å². The molecule has 0 bridgehead atoms. The highest BCUT2D eigenvalue weighted by Crippen LogP contribution is 2.23. The van der Waals surface area contributed by atoms with Crippen molar-refractivity contribution in [1.29, 1.82) is 0 Å². The summed E-state index contributed by atoms with van der Waals surface area (Å²) >= 11 is 0.695. The average molecular weight is 318 g/mol. The third-order valence-corrected chi connectivity index (χ3v) is 4.98. The molecule has 0 aliphatic rings. The predicted octanol–water partition coefficient (Wildman–Crippen LogP) is 2.03. The number of nitrogens with one attached hydrogen (secondary N) is 1. The lowest BCUT2D eigenvalue weighted by molar-refractivity contribution is 0.102. The first-order valence-electron chi connectivity index (χ1n) is 5.03. The molecule has 6 nitrogen and oxygen atoms in total. The first kappa shape index (κ1) is 13.9. The van der Waals surface area contributed by atoms with Crippen molar-refractivity contribution < 1.29 is 13.2 Å². The summed E-state index contributed by atoms with van der Waals surface area (Å²) in [7, 11) is 1.19. The number of halogens is 1. The molecule has 0 atom stereocenters. The summed E-state index contributed by atoms with van der Waals surface area (Å²) in [4.78, 5) is 11.9. The third kappa shape index (κ3) is 3.28. The number of nitrogens with zero attached hydrogens (tertiary/aromatic N) is 2. The Hall–Kier alpha value is -1.51. The molecule has 0 saturated carbocycles. The second-order valence-electron chi connectivity index (χ2n) is 3.58. The average Bonchev–Trinajstić information content (AvgIpc) is 2.77. The maximum Gasteiger partial charge on any atom is 0.290 e. The van der Waals surface area contributed by atoms with E-state index in [-0.39, 0.29) is 15.4 Å². The zero-order valence-corrected chi connectivity index (χ0v) is 12.0. The number of carbonyl (C=O) groups is 1. The maximum absolute atomic E-state index is 11.9. The van der Waals surface area contributed by atoms with E-state index in [2.05, 4.69) is 15.5 Å². The van der Waals surface area contributed by atoms with E-state index in [0.717, 1.165) is 5.56 Å². The number of rotatable bonds is 3. The summed E-state index contributed by atoms with van der Waals surface area (Å²) in [6.07, 6.45) is 0. The monoisotopic (exact) mass is 317 g/mol. The Labute approximate surface area is 117 Å². The molecule has 9 heteroatoms. The van der Waals surface area contributed by atoms with Gasteiger partial charge < -0.3 is 0 Å². The van der Waals surface area contributed by atoms with Gasteiger partial charge in [-0.2, -0.15) is 0 Å². The first-order chi connectivity index (χ1) is 8.88. The van der Waals surface area contributed by atoms with Crippen LogP contribution < -0.4 is 5.32 Å². The zero-order chi connectivity index (χ0) is 14.0. The lowest BCUT2D eigenvalue weighted by Gasteiger charge is -2.03. The molecule has 0 unspecified atom stereocenters. The normalized spacial score (nSPS) is 11.3. The highest BCUT2D eigenvalue weighted by atomic mass is 35.7. The van der Waals surface area contributed by atoms with Crippen molar-refractivity contribution in [1.82, 2.24) is 10.2 Å². The summed E-state index contributed by atoms with van der Waals surface area (Å²) in [5.74, 6) is -0.382. The molecule has 100 valence electrons. The van der Waals surface area contributed by atoms with Gasteiger partial charge in [-0.05, 0) is 18.6 Å². The lowest BCUT2D eigenvalue weighted by Crippen LogP contribution is -2.12. The molecule has 0 aliphatic carbocycles. The molecule has 1 aromatic carbocycles. The Morgan fingerprint density at radius 1 is 1.32 bits per heavy atom. The van der Waals surface area contributed by atoms with Gasteiger partial charge in [-0.15, -0.1) is 10.2 Å². The van der Waals surface area contributed by atoms with E-state index in [1.165, 1.54) is 0 Å². The Balaban J connectivity index is 2.21. The molecule has 0 aliphatic heterocycles. The van der Waals surface area contributed by atoms with Crippen LogP contribution in [0.25, 0.3) is 0 Å². The van der Waals surface area contributed by atoms with E-state index >= 15 is 0 Å². The van der Waals surface area contributed by atoms with Gasteiger partial charge in [0.25, 0.3) is 15.0 Å². The zero-order valence-electron chi connectivity index (χ0n) is 9.62. The Morgan fingerprint density at radius 3 is 2.58 bits per heavy atom. The van der Waals surface area contributed by atoms with Crippen LogP contribution in [0.1, 0.15) is 15.9 Å². The number of benzene rings is 1. The Bertz CT molecular complexity index is 727. The van der Waals surface area contributed by atoms with E-state index < -0.39 is 9.05 Å². The van der Waals surface area contributed by atoms with Crippen molar-refractivity contribution in [2.75, 3.05) is 5.32 Å². The summed E-state index contributed by atoms with van der Waals surface area (Å²) < 4.78 is 21.7. The van der Waals surface area contributed by atoms with Crippen LogP contribution in [0.5, 0.6) is 0 Å². The summed E-state index contributed by atoms with van der Waals surface area (Å²) in [5, 5.41) is 9.49. The summed E-state index contributed by atoms with van der Waals surface area (Å²) in [5.41, 5.74) is 1.28. The van der Waals surface area contributed by atoms with Crippen molar-refractivity contribution in [3.05, 3.63) is 35.4 Å². The largest absolute Gasteiger partial charge is 0.296 e. The van der Waals surface area contributed by atoms with Crippen LogP contribution in [0, 0.1) is 6.92 Å². The maximum atomic E-state index is 11.9. The molecule has 2 aromatic rings. The number of hydrogen-bond acceptors (Lipinski definition) is 6. The van der Waals surface area contributed by atoms with Crippen LogP contribution in [-0.2, 0) is 9.05 Å². The molecule has 0 spiro atoms. The van der Waals surface area contributed by atoms with Gasteiger partial charge in [0.1, 0.15) is 0 Å². The molecule has 19 heavy (non-hydrogen) atoms. The third-order valence-electron chi connectivity index (χ3n) is 2.23. The predicted molar refractivity (Wildman–Crippen MR) is 72.1 cm³/mol. The van der Waals surface area contributed by atoms with Gasteiger partial charge >= 0.3 is 0 Å². The SMILES string of the molecule is Cc1ccccc1C(=O)Nc1nnc(S(=O)(=O)Cl)s1. The number of anilines is 1. The topological polar surface area (TPSA) is 89.0 Å². The quantitative estimate of drug-likeness (QED) is 0.691. The molecular formula is C10H8ClN3O3S2. The molecular weight excluding hydrogens is 310 g/mol. The van der Waals surface area contributed by atoms with Gasteiger partial charge in [-0.25, -0.2) is 8.42 Å². The Kier molecular flexibility index (Phi) is 3.83. The van der Waals surface area contributed by atoms with Crippen LogP contribution in [0.4, 0.5) is 5.13 Å². The van der Waals surface area contributed by atoms with Gasteiger partial charge in [0, 0.05) is 16.2 Å². The van der Waals surface area contributed by atoms with E-state index in [9.17, 15) is 13.2 Å². The van der Waals surface area contributed by atoms with E-state index in [1.54, 1.807) is 25.1 Å². The van der Waals surface area contributed by atoms with Crippen LogP contribution in [0.3, 0.4) is 0 Å². The number of carbonyl (C=O) groups excluding carboxylic acids is 1.